The predicted octanol–water partition coefficient (Wildman–Crippen LogP) is 0.701. The molecule has 0 spiro atoms. The molecule has 3 N–H and O–H groups in total. The maximum absolute atomic E-state index is 12.6. The van der Waals surface area contributed by atoms with Crippen LogP contribution in [-0.2, 0) is 23.1 Å². The number of ketones is 1. The van der Waals surface area contributed by atoms with E-state index in [0.29, 0.717) is 17.7 Å². The Morgan fingerprint density at radius 2 is 1.68 bits per heavy atom. The van der Waals surface area contributed by atoms with Crippen LogP contribution < -0.4 is 17.0 Å². The van der Waals surface area contributed by atoms with Crippen LogP contribution in [0.15, 0.2) is 9.59 Å². The molecule has 0 aliphatic heterocycles. The number of nitrogens with two attached hydrogens (primary N) is 1. The summed E-state index contributed by atoms with van der Waals surface area (Å²) in [5.41, 5.74) is 4.91. The molecule has 0 unspecified atom stereocenters. The highest BCUT2D eigenvalue weighted by molar-refractivity contribution is 6.03. The van der Waals surface area contributed by atoms with Crippen LogP contribution in [0.5, 0.6) is 0 Å². The first-order chi connectivity index (χ1) is 14.6. The highest BCUT2D eigenvalue weighted by Crippen LogP contribution is 2.20. The topological polar surface area (TPSA) is 155 Å². The van der Waals surface area contributed by atoms with E-state index in [9.17, 15) is 24.0 Å². The average molecular weight is 434 g/mol. The van der Waals surface area contributed by atoms with Crippen LogP contribution in [0.25, 0.3) is 0 Å². The third kappa shape index (κ3) is 4.44. The van der Waals surface area contributed by atoms with Crippen molar-refractivity contribution in [1.82, 2.24) is 14.1 Å². The molecule has 0 saturated heterocycles. The molecule has 0 atom stereocenters. The van der Waals surface area contributed by atoms with E-state index in [1.165, 1.54) is 7.05 Å². The summed E-state index contributed by atoms with van der Waals surface area (Å²) in [4.78, 5) is 64.5. The Labute approximate surface area is 177 Å². The maximum Gasteiger partial charge on any atom is 0.355 e. The minimum absolute atomic E-state index is 0.00909. The van der Waals surface area contributed by atoms with E-state index in [-0.39, 0.29) is 30.2 Å². The van der Waals surface area contributed by atoms with Gasteiger partial charge in [0.1, 0.15) is 17.1 Å². The molecular weight excluding hydrogens is 408 g/mol. The Morgan fingerprint density at radius 1 is 1.03 bits per heavy atom. The lowest BCUT2D eigenvalue weighted by atomic mass is 10.1. The number of esters is 2. The van der Waals surface area contributed by atoms with Crippen molar-refractivity contribution in [3.63, 3.8) is 0 Å². The molecule has 31 heavy (non-hydrogen) atoms. The van der Waals surface area contributed by atoms with Crippen LogP contribution in [0, 0.1) is 13.8 Å². The zero-order chi connectivity index (χ0) is 23.5. The molecule has 2 rings (SSSR count). The average Bonchev–Trinajstić information content (AvgIpc) is 3.02. The summed E-state index contributed by atoms with van der Waals surface area (Å²) < 4.78 is 11.9. The number of hydrogen-bond acceptors (Lipinski definition) is 8. The number of carbonyl (C=O) groups is 3. The molecule has 2 heterocycles. The Balaban J connectivity index is 2.29. The second kappa shape index (κ2) is 9.45. The number of nitrogen functional groups attached to an aromatic ring is 1. The monoisotopic (exact) mass is 434 g/mol. The standard InChI is InChI=1S/C20H26N4O7/c1-6-8-24-16(21)14(17(26)23(5)20(24)29)12(25)9-31-19(28)15-10(3)13(11(4)22-15)18(27)30-7-2/h22H,6-9,21H2,1-5H3. The Hall–Kier alpha value is -3.63. The number of nitrogens with one attached hydrogen (secondary N) is 1. The van der Waals surface area contributed by atoms with Crippen LogP contribution >= 0.6 is 0 Å². The number of carbonyl (C=O) groups excluding carboxylic acids is 3. The molecule has 2 aromatic heterocycles. The number of ether oxygens (including phenoxy) is 2. The van der Waals surface area contributed by atoms with E-state index in [4.69, 9.17) is 15.2 Å². The molecule has 0 aliphatic carbocycles. The third-order valence-electron chi connectivity index (χ3n) is 4.76. The number of aromatic nitrogens is 3. The SMILES string of the molecule is CCCn1c(N)c(C(=O)COC(=O)c2[nH]c(C)c(C(=O)OCC)c2C)c(=O)n(C)c1=O. The largest absolute Gasteiger partial charge is 0.462 e. The van der Waals surface area contributed by atoms with Crippen molar-refractivity contribution < 1.29 is 23.9 Å². The fourth-order valence-electron chi connectivity index (χ4n) is 3.22. The van der Waals surface area contributed by atoms with Crippen LogP contribution in [0.1, 0.15) is 62.7 Å². The van der Waals surface area contributed by atoms with Gasteiger partial charge in [0.15, 0.2) is 6.61 Å². The molecule has 2 aromatic rings. The van der Waals surface area contributed by atoms with E-state index in [1.54, 1.807) is 20.8 Å². The Morgan fingerprint density at radius 3 is 2.26 bits per heavy atom. The number of rotatable bonds is 8. The first-order valence-corrected chi connectivity index (χ1v) is 9.72. The number of aromatic amines is 1. The number of H-pyrrole nitrogens is 1. The minimum atomic E-state index is -0.887. The van der Waals surface area contributed by atoms with Gasteiger partial charge in [-0.1, -0.05) is 6.92 Å². The summed E-state index contributed by atoms with van der Waals surface area (Å²) in [5.74, 6) is -2.59. The van der Waals surface area contributed by atoms with Crippen molar-refractivity contribution in [2.24, 2.45) is 7.05 Å². The zero-order valence-corrected chi connectivity index (χ0v) is 18.2. The highest BCUT2D eigenvalue weighted by Gasteiger charge is 2.26. The van der Waals surface area contributed by atoms with Crippen molar-refractivity contribution in [2.45, 2.75) is 40.7 Å². The highest BCUT2D eigenvalue weighted by atomic mass is 16.5. The van der Waals surface area contributed by atoms with Crippen molar-refractivity contribution in [1.29, 1.82) is 0 Å². The number of Topliss-reactive ketones (excluding diaryl/α,β-unsaturated/α-hetero) is 1. The molecule has 0 fully saturated rings. The summed E-state index contributed by atoms with van der Waals surface area (Å²) in [7, 11) is 1.24. The van der Waals surface area contributed by atoms with Gasteiger partial charge in [-0.15, -0.1) is 0 Å². The van der Waals surface area contributed by atoms with E-state index in [1.807, 2.05) is 6.92 Å². The van der Waals surface area contributed by atoms with Gasteiger partial charge in [0.05, 0.1) is 12.2 Å². The number of aryl methyl sites for hydroxylation is 1. The van der Waals surface area contributed by atoms with Gasteiger partial charge in [0.2, 0.25) is 5.78 Å². The molecule has 0 amide bonds. The third-order valence-corrected chi connectivity index (χ3v) is 4.76. The molecular formula is C20H26N4O7. The Bertz CT molecular complexity index is 1150. The van der Waals surface area contributed by atoms with Crippen LogP contribution in [-0.4, -0.2) is 45.1 Å². The van der Waals surface area contributed by atoms with Gasteiger partial charge in [-0.25, -0.2) is 14.4 Å². The van der Waals surface area contributed by atoms with Crippen molar-refractivity contribution in [2.75, 3.05) is 18.9 Å². The molecule has 0 aromatic carbocycles. The van der Waals surface area contributed by atoms with Gasteiger partial charge >= 0.3 is 17.6 Å². The molecule has 0 aliphatic rings. The maximum atomic E-state index is 12.6. The summed E-state index contributed by atoms with van der Waals surface area (Å²) in [6, 6.07) is 0. The fraction of sp³-hybridized carbons (Fsp3) is 0.450. The Kier molecular flexibility index (Phi) is 7.21. The molecule has 11 nitrogen and oxygen atoms in total. The van der Waals surface area contributed by atoms with E-state index < -0.39 is 41.1 Å². The van der Waals surface area contributed by atoms with E-state index >= 15 is 0 Å². The molecule has 0 radical (unpaired) electrons. The van der Waals surface area contributed by atoms with Crippen molar-refractivity contribution >= 4 is 23.5 Å². The van der Waals surface area contributed by atoms with E-state index in [0.717, 1.165) is 9.13 Å². The quantitative estimate of drug-likeness (QED) is 0.454. The lowest BCUT2D eigenvalue weighted by Gasteiger charge is -2.13. The van der Waals surface area contributed by atoms with Crippen LogP contribution in [0.4, 0.5) is 5.82 Å². The van der Waals surface area contributed by atoms with Gasteiger partial charge in [-0.3, -0.25) is 18.7 Å². The molecule has 0 saturated carbocycles. The zero-order valence-electron chi connectivity index (χ0n) is 18.2. The fourth-order valence-corrected chi connectivity index (χ4v) is 3.22. The summed E-state index contributed by atoms with van der Waals surface area (Å²) >= 11 is 0. The van der Waals surface area contributed by atoms with Gasteiger partial charge in [0.25, 0.3) is 5.56 Å². The normalized spacial score (nSPS) is 10.7. The molecule has 11 heteroatoms. The van der Waals surface area contributed by atoms with Gasteiger partial charge < -0.3 is 20.2 Å². The van der Waals surface area contributed by atoms with Crippen molar-refractivity contribution in [3.05, 3.63) is 48.9 Å². The number of anilines is 1. The molecule has 0 bridgehead atoms. The first-order valence-electron chi connectivity index (χ1n) is 9.72. The van der Waals surface area contributed by atoms with E-state index in [2.05, 4.69) is 4.98 Å². The van der Waals surface area contributed by atoms with Crippen LogP contribution in [0.2, 0.25) is 0 Å². The van der Waals surface area contributed by atoms with Gasteiger partial charge in [-0.2, -0.15) is 0 Å². The number of nitrogens with zero attached hydrogens (tertiary/aromatic N) is 2. The first kappa shape index (κ1) is 23.6. The molecule has 168 valence electrons. The number of hydrogen-bond donors (Lipinski definition) is 2. The summed E-state index contributed by atoms with van der Waals surface area (Å²) in [6.07, 6.45) is 0.555. The summed E-state index contributed by atoms with van der Waals surface area (Å²) in [5, 5.41) is 0. The van der Waals surface area contributed by atoms with Gasteiger partial charge in [-0.05, 0) is 32.8 Å². The second-order valence-corrected chi connectivity index (χ2v) is 6.90. The minimum Gasteiger partial charge on any atom is -0.462 e. The lowest BCUT2D eigenvalue weighted by molar-refractivity contribution is 0.0468. The predicted molar refractivity (Wildman–Crippen MR) is 111 cm³/mol. The van der Waals surface area contributed by atoms with Crippen molar-refractivity contribution in [3.8, 4) is 0 Å². The summed E-state index contributed by atoms with van der Waals surface area (Å²) in [6.45, 7) is 6.24. The van der Waals surface area contributed by atoms with Gasteiger partial charge in [0, 0.05) is 19.3 Å². The lowest BCUT2D eigenvalue weighted by Crippen LogP contribution is -2.43. The second-order valence-electron chi connectivity index (χ2n) is 6.90. The smallest absolute Gasteiger partial charge is 0.355 e. The van der Waals surface area contributed by atoms with Crippen LogP contribution in [0.3, 0.4) is 0 Å².